The van der Waals surface area contributed by atoms with Crippen molar-refractivity contribution in [2.75, 3.05) is 38.1 Å². The number of piperidine rings is 1. The largest absolute Gasteiger partial charge is 0.486 e. The number of carbonyl (C=O) groups excluding carboxylic acids is 1. The van der Waals surface area contributed by atoms with Gasteiger partial charge in [-0.25, -0.2) is 0 Å². The minimum Gasteiger partial charge on any atom is -0.486 e. The second kappa shape index (κ2) is 12.2. The third-order valence-corrected chi connectivity index (χ3v) is 6.59. The van der Waals surface area contributed by atoms with Gasteiger partial charge in [0.15, 0.2) is 17.6 Å². The fourth-order valence-corrected chi connectivity index (χ4v) is 4.48. The Kier molecular flexibility index (Phi) is 8.79. The van der Waals surface area contributed by atoms with Gasteiger partial charge in [0.2, 0.25) is 5.91 Å². The van der Waals surface area contributed by atoms with E-state index >= 15 is 0 Å². The van der Waals surface area contributed by atoms with Crippen LogP contribution < -0.4 is 20.1 Å². The van der Waals surface area contributed by atoms with E-state index in [9.17, 15) is 9.90 Å². The fraction of sp³-hybridized carbons (Fsp3) is 0.519. The number of aliphatic hydroxyl groups excluding tert-OH is 1. The molecular formula is C27H37N3O4. The number of likely N-dealkylation sites (tertiary alicyclic amines) is 1. The molecule has 2 aromatic rings. The number of para-hydroxylation sites is 2. The van der Waals surface area contributed by atoms with Crippen molar-refractivity contribution in [1.82, 2.24) is 10.2 Å². The van der Waals surface area contributed by atoms with Crippen LogP contribution in [0.4, 0.5) is 5.69 Å². The zero-order valence-corrected chi connectivity index (χ0v) is 20.0. The van der Waals surface area contributed by atoms with E-state index in [2.05, 4.69) is 34.6 Å². The SMILES string of the molecule is CCCCc1ccc(NC(=O)CN2CCC(NCC(O)C3COc4ccccc4O3)CC2)cc1. The molecule has 2 unspecified atom stereocenters. The molecular weight excluding hydrogens is 430 g/mol. The monoisotopic (exact) mass is 467 g/mol. The lowest BCUT2D eigenvalue weighted by molar-refractivity contribution is -0.117. The Morgan fingerprint density at radius 1 is 1.12 bits per heavy atom. The van der Waals surface area contributed by atoms with Crippen LogP contribution in [0.25, 0.3) is 0 Å². The van der Waals surface area contributed by atoms with Gasteiger partial charge in [-0.05, 0) is 55.5 Å². The van der Waals surface area contributed by atoms with Crippen molar-refractivity contribution in [3.05, 3.63) is 54.1 Å². The highest BCUT2D eigenvalue weighted by molar-refractivity contribution is 5.92. The first-order valence-electron chi connectivity index (χ1n) is 12.5. The molecule has 4 rings (SSSR count). The van der Waals surface area contributed by atoms with E-state index in [0.717, 1.165) is 43.8 Å². The summed E-state index contributed by atoms with van der Waals surface area (Å²) in [6.45, 7) is 5.10. The number of unbranched alkanes of at least 4 members (excludes halogenated alkanes) is 1. The molecule has 34 heavy (non-hydrogen) atoms. The Hall–Kier alpha value is -2.61. The summed E-state index contributed by atoms with van der Waals surface area (Å²) in [5.74, 6) is 1.42. The Morgan fingerprint density at radius 2 is 1.85 bits per heavy atom. The summed E-state index contributed by atoms with van der Waals surface area (Å²) in [5.41, 5.74) is 2.17. The van der Waals surface area contributed by atoms with Gasteiger partial charge < -0.3 is 25.2 Å². The predicted molar refractivity (Wildman–Crippen MR) is 134 cm³/mol. The number of nitrogens with zero attached hydrogens (tertiary/aromatic N) is 1. The van der Waals surface area contributed by atoms with Crippen molar-refractivity contribution in [3.63, 3.8) is 0 Å². The quantitative estimate of drug-likeness (QED) is 0.498. The molecule has 0 radical (unpaired) electrons. The van der Waals surface area contributed by atoms with Crippen LogP contribution >= 0.6 is 0 Å². The Balaban J connectivity index is 1.13. The molecule has 1 fully saturated rings. The third-order valence-electron chi connectivity index (χ3n) is 6.59. The number of rotatable bonds is 10. The van der Waals surface area contributed by atoms with Gasteiger partial charge in [-0.1, -0.05) is 37.6 Å². The van der Waals surface area contributed by atoms with Gasteiger partial charge in [-0.3, -0.25) is 9.69 Å². The zero-order chi connectivity index (χ0) is 23.8. The average Bonchev–Trinajstić information content (AvgIpc) is 2.87. The van der Waals surface area contributed by atoms with Crippen LogP contribution in [0.3, 0.4) is 0 Å². The van der Waals surface area contributed by atoms with Gasteiger partial charge in [0.1, 0.15) is 12.7 Å². The van der Waals surface area contributed by atoms with Crippen LogP contribution in [0.15, 0.2) is 48.5 Å². The van der Waals surface area contributed by atoms with Crippen LogP contribution in [0, 0.1) is 0 Å². The van der Waals surface area contributed by atoms with Gasteiger partial charge >= 0.3 is 0 Å². The number of benzene rings is 2. The lowest BCUT2D eigenvalue weighted by atomic mass is 10.0. The van der Waals surface area contributed by atoms with Crippen LogP contribution in [0.5, 0.6) is 11.5 Å². The van der Waals surface area contributed by atoms with Gasteiger partial charge in [-0.15, -0.1) is 0 Å². The number of carbonyl (C=O) groups is 1. The maximum absolute atomic E-state index is 12.5. The first kappa shape index (κ1) is 24.5. The van der Waals surface area contributed by atoms with E-state index in [4.69, 9.17) is 9.47 Å². The number of hydrogen-bond acceptors (Lipinski definition) is 6. The molecule has 2 aliphatic heterocycles. The maximum Gasteiger partial charge on any atom is 0.238 e. The van der Waals surface area contributed by atoms with E-state index in [-0.39, 0.29) is 12.0 Å². The topological polar surface area (TPSA) is 83.1 Å². The third kappa shape index (κ3) is 6.95. The van der Waals surface area contributed by atoms with E-state index in [1.807, 2.05) is 36.4 Å². The summed E-state index contributed by atoms with van der Waals surface area (Å²) in [4.78, 5) is 14.7. The highest BCUT2D eigenvalue weighted by atomic mass is 16.6. The van der Waals surface area contributed by atoms with Crippen molar-refractivity contribution in [3.8, 4) is 11.5 Å². The second-order valence-corrected chi connectivity index (χ2v) is 9.29. The normalized spacial score (nSPS) is 19.5. The van der Waals surface area contributed by atoms with Crippen LogP contribution in [-0.2, 0) is 11.2 Å². The van der Waals surface area contributed by atoms with Crippen LogP contribution in [0.2, 0.25) is 0 Å². The number of amides is 1. The lowest BCUT2D eigenvalue weighted by Crippen LogP contribution is -2.50. The number of aliphatic hydroxyl groups is 1. The molecule has 2 atom stereocenters. The van der Waals surface area contributed by atoms with Gasteiger partial charge in [-0.2, -0.15) is 0 Å². The van der Waals surface area contributed by atoms with Crippen molar-refractivity contribution in [2.24, 2.45) is 0 Å². The molecule has 7 heteroatoms. The number of anilines is 1. The van der Waals surface area contributed by atoms with Crippen molar-refractivity contribution < 1.29 is 19.4 Å². The summed E-state index contributed by atoms with van der Waals surface area (Å²) in [6.07, 6.45) is 4.31. The summed E-state index contributed by atoms with van der Waals surface area (Å²) >= 11 is 0. The molecule has 2 heterocycles. The Morgan fingerprint density at radius 3 is 2.59 bits per heavy atom. The van der Waals surface area contributed by atoms with Crippen molar-refractivity contribution in [1.29, 1.82) is 0 Å². The molecule has 3 N–H and O–H groups in total. The molecule has 7 nitrogen and oxygen atoms in total. The highest BCUT2D eigenvalue weighted by Crippen LogP contribution is 2.31. The summed E-state index contributed by atoms with van der Waals surface area (Å²) in [5, 5.41) is 17.0. The lowest BCUT2D eigenvalue weighted by Gasteiger charge is -2.34. The molecule has 2 aromatic carbocycles. The highest BCUT2D eigenvalue weighted by Gasteiger charge is 2.28. The zero-order valence-electron chi connectivity index (χ0n) is 20.0. The van der Waals surface area contributed by atoms with E-state index in [1.165, 1.54) is 18.4 Å². The fourth-order valence-electron chi connectivity index (χ4n) is 4.48. The molecule has 2 aliphatic rings. The standard InChI is InChI=1S/C27H37N3O4/c1-2-3-6-20-9-11-22(12-10-20)29-27(32)18-30-15-13-21(14-16-30)28-17-23(31)26-19-33-24-7-4-5-8-25(24)34-26/h4-5,7-12,21,23,26,28,31H,2-3,6,13-19H2,1H3,(H,29,32). The second-order valence-electron chi connectivity index (χ2n) is 9.29. The average molecular weight is 468 g/mol. The molecule has 0 saturated carbocycles. The summed E-state index contributed by atoms with van der Waals surface area (Å²) in [6, 6.07) is 16.0. The number of ether oxygens (including phenoxy) is 2. The molecule has 184 valence electrons. The van der Waals surface area contributed by atoms with Crippen molar-refractivity contribution in [2.45, 2.75) is 57.3 Å². The van der Waals surface area contributed by atoms with E-state index < -0.39 is 6.10 Å². The molecule has 1 amide bonds. The molecule has 1 saturated heterocycles. The summed E-state index contributed by atoms with van der Waals surface area (Å²) < 4.78 is 11.6. The van der Waals surface area contributed by atoms with Gasteiger partial charge in [0.25, 0.3) is 0 Å². The number of hydrogen-bond donors (Lipinski definition) is 3. The smallest absolute Gasteiger partial charge is 0.238 e. The van der Waals surface area contributed by atoms with Crippen LogP contribution in [0.1, 0.15) is 38.2 Å². The van der Waals surface area contributed by atoms with Gasteiger partial charge in [0, 0.05) is 31.4 Å². The minimum absolute atomic E-state index is 0.0258. The van der Waals surface area contributed by atoms with Gasteiger partial charge in [0.05, 0.1) is 6.54 Å². The minimum atomic E-state index is -0.648. The molecule has 0 aliphatic carbocycles. The van der Waals surface area contributed by atoms with E-state index in [0.29, 0.717) is 31.5 Å². The first-order valence-corrected chi connectivity index (χ1v) is 12.5. The molecule has 0 spiro atoms. The Bertz CT molecular complexity index is 912. The molecule has 0 bridgehead atoms. The number of fused-ring (bicyclic) bond motifs is 1. The van der Waals surface area contributed by atoms with Crippen molar-refractivity contribution >= 4 is 11.6 Å². The molecule has 0 aromatic heterocycles. The number of aryl methyl sites for hydroxylation is 1. The first-order chi connectivity index (χ1) is 16.6. The maximum atomic E-state index is 12.5. The Labute approximate surface area is 202 Å². The summed E-state index contributed by atoms with van der Waals surface area (Å²) in [7, 11) is 0. The predicted octanol–water partition coefficient (Wildman–Crippen LogP) is 3.22. The number of nitrogens with one attached hydrogen (secondary N) is 2. The van der Waals surface area contributed by atoms with E-state index in [1.54, 1.807) is 0 Å². The van der Waals surface area contributed by atoms with Crippen LogP contribution in [-0.4, -0.2) is 66.9 Å².